The van der Waals surface area contributed by atoms with Crippen LogP contribution < -0.4 is 10.1 Å². The zero-order valence-corrected chi connectivity index (χ0v) is 7.96. The van der Waals surface area contributed by atoms with E-state index in [1.807, 2.05) is 18.2 Å². The van der Waals surface area contributed by atoms with E-state index in [2.05, 4.69) is 5.32 Å². The van der Waals surface area contributed by atoms with E-state index in [0.717, 1.165) is 12.1 Å². The predicted molar refractivity (Wildman–Crippen MR) is 52.8 cm³/mol. The van der Waals surface area contributed by atoms with Crippen LogP contribution in [0, 0.1) is 5.82 Å². The van der Waals surface area contributed by atoms with Gasteiger partial charge in [-0.1, -0.05) is 18.2 Å². The molecule has 0 saturated heterocycles. The molecule has 0 amide bonds. The van der Waals surface area contributed by atoms with Crippen molar-refractivity contribution in [2.75, 3.05) is 13.7 Å². The SMILES string of the molecule is COc1ccc(C2C=CCN2)cc1F. The molecule has 0 saturated carbocycles. The molecule has 1 N–H and O–H groups in total. The van der Waals surface area contributed by atoms with Gasteiger partial charge in [0.2, 0.25) is 0 Å². The maximum absolute atomic E-state index is 13.3. The summed E-state index contributed by atoms with van der Waals surface area (Å²) in [6, 6.07) is 5.16. The number of hydrogen-bond acceptors (Lipinski definition) is 2. The predicted octanol–water partition coefficient (Wildman–Crippen LogP) is 2.03. The Bertz CT molecular complexity index is 362. The number of benzene rings is 1. The second-order valence-corrected chi connectivity index (χ2v) is 3.21. The average Bonchev–Trinajstić information content (AvgIpc) is 2.70. The second-order valence-electron chi connectivity index (χ2n) is 3.21. The van der Waals surface area contributed by atoms with E-state index in [1.165, 1.54) is 13.2 Å². The fraction of sp³-hybridized carbons (Fsp3) is 0.273. The summed E-state index contributed by atoms with van der Waals surface area (Å²) >= 11 is 0. The summed E-state index contributed by atoms with van der Waals surface area (Å²) in [6.45, 7) is 0.846. The highest BCUT2D eigenvalue weighted by molar-refractivity contribution is 5.33. The lowest BCUT2D eigenvalue weighted by atomic mass is 10.1. The molecule has 1 heterocycles. The molecular weight excluding hydrogens is 181 g/mol. The number of ether oxygens (including phenoxy) is 1. The lowest BCUT2D eigenvalue weighted by Gasteiger charge is -2.10. The van der Waals surface area contributed by atoms with E-state index >= 15 is 0 Å². The van der Waals surface area contributed by atoms with Gasteiger partial charge in [-0.3, -0.25) is 0 Å². The van der Waals surface area contributed by atoms with Gasteiger partial charge in [0.1, 0.15) is 0 Å². The molecule has 2 rings (SSSR count). The molecule has 14 heavy (non-hydrogen) atoms. The topological polar surface area (TPSA) is 21.3 Å². The van der Waals surface area contributed by atoms with E-state index < -0.39 is 0 Å². The highest BCUT2D eigenvalue weighted by Gasteiger charge is 2.12. The zero-order chi connectivity index (χ0) is 9.97. The molecule has 0 aromatic heterocycles. The Morgan fingerprint density at radius 3 is 2.93 bits per heavy atom. The van der Waals surface area contributed by atoms with Gasteiger partial charge in [0.05, 0.1) is 13.2 Å². The second kappa shape index (κ2) is 3.80. The van der Waals surface area contributed by atoms with Crippen LogP contribution in [0.5, 0.6) is 5.75 Å². The van der Waals surface area contributed by atoms with Gasteiger partial charge in [0.25, 0.3) is 0 Å². The van der Waals surface area contributed by atoms with E-state index in [-0.39, 0.29) is 17.6 Å². The van der Waals surface area contributed by atoms with Crippen molar-refractivity contribution in [3.8, 4) is 5.75 Å². The Balaban J connectivity index is 2.27. The molecule has 1 aromatic rings. The van der Waals surface area contributed by atoms with Gasteiger partial charge in [0.15, 0.2) is 11.6 Å². The average molecular weight is 193 g/mol. The number of hydrogen-bond donors (Lipinski definition) is 1. The lowest BCUT2D eigenvalue weighted by molar-refractivity contribution is 0.386. The third-order valence-electron chi connectivity index (χ3n) is 2.32. The van der Waals surface area contributed by atoms with E-state index in [1.54, 1.807) is 6.07 Å². The molecule has 3 heteroatoms. The molecule has 1 unspecified atom stereocenters. The van der Waals surface area contributed by atoms with Gasteiger partial charge in [-0.05, 0) is 17.7 Å². The van der Waals surface area contributed by atoms with Crippen molar-refractivity contribution in [3.05, 3.63) is 41.7 Å². The normalized spacial score (nSPS) is 20.0. The Morgan fingerprint density at radius 1 is 1.50 bits per heavy atom. The zero-order valence-electron chi connectivity index (χ0n) is 7.96. The third-order valence-corrected chi connectivity index (χ3v) is 2.32. The van der Waals surface area contributed by atoms with Crippen molar-refractivity contribution in [2.24, 2.45) is 0 Å². The summed E-state index contributed by atoms with van der Waals surface area (Å²) in [5.74, 6) is -0.0252. The molecule has 74 valence electrons. The van der Waals surface area contributed by atoms with Crippen molar-refractivity contribution in [1.29, 1.82) is 0 Å². The Labute approximate surface area is 82.4 Å². The van der Waals surface area contributed by atoms with E-state index in [0.29, 0.717) is 0 Å². The van der Waals surface area contributed by atoms with Gasteiger partial charge in [-0.2, -0.15) is 0 Å². The van der Waals surface area contributed by atoms with Crippen molar-refractivity contribution in [3.63, 3.8) is 0 Å². The first-order valence-corrected chi connectivity index (χ1v) is 4.55. The van der Waals surface area contributed by atoms with Crippen LogP contribution in [-0.2, 0) is 0 Å². The summed E-state index contributed by atoms with van der Waals surface area (Å²) < 4.78 is 18.2. The van der Waals surface area contributed by atoms with Crippen LogP contribution >= 0.6 is 0 Å². The minimum atomic E-state index is -0.313. The highest BCUT2D eigenvalue weighted by Crippen LogP contribution is 2.23. The molecule has 0 fully saturated rings. The quantitative estimate of drug-likeness (QED) is 0.726. The minimum Gasteiger partial charge on any atom is -0.494 e. The monoisotopic (exact) mass is 193 g/mol. The van der Waals surface area contributed by atoms with Crippen LogP contribution in [-0.4, -0.2) is 13.7 Å². The summed E-state index contributed by atoms with van der Waals surface area (Å²) in [4.78, 5) is 0. The first-order valence-electron chi connectivity index (χ1n) is 4.55. The smallest absolute Gasteiger partial charge is 0.165 e. The lowest BCUT2D eigenvalue weighted by Crippen LogP contribution is -2.13. The van der Waals surface area contributed by atoms with Crippen LogP contribution in [0.3, 0.4) is 0 Å². The van der Waals surface area contributed by atoms with Gasteiger partial charge in [-0.15, -0.1) is 0 Å². The molecule has 0 spiro atoms. The molecule has 0 radical (unpaired) electrons. The van der Waals surface area contributed by atoms with Crippen molar-refractivity contribution in [2.45, 2.75) is 6.04 Å². The third kappa shape index (κ3) is 1.63. The molecule has 1 aromatic carbocycles. The van der Waals surface area contributed by atoms with Crippen LogP contribution in [0.1, 0.15) is 11.6 Å². The Hall–Kier alpha value is -1.35. The molecule has 1 atom stereocenters. The first-order chi connectivity index (χ1) is 6.81. The maximum Gasteiger partial charge on any atom is 0.165 e. The number of halogens is 1. The molecule has 0 aliphatic carbocycles. The van der Waals surface area contributed by atoms with Crippen LogP contribution in [0.2, 0.25) is 0 Å². The summed E-state index contributed by atoms with van der Waals surface area (Å²) in [6.07, 6.45) is 4.06. The number of nitrogens with one attached hydrogen (secondary N) is 1. The van der Waals surface area contributed by atoms with Crippen LogP contribution in [0.4, 0.5) is 4.39 Å². The largest absolute Gasteiger partial charge is 0.494 e. The molecule has 1 aliphatic rings. The molecular formula is C11H12FNO. The molecule has 0 bridgehead atoms. The number of methoxy groups -OCH3 is 1. The molecule has 2 nitrogen and oxygen atoms in total. The maximum atomic E-state index is 13.3. The van der Waals surface area contributed by atoms with Crippen LogP contribution in [0.15, 0.2) is 30.4 Å². The fourth-order valence-electron chi connectivity index (χ4n) is 1.57. The van der Waals surface area contributed by atoms with Crippen molar-refractivity contribution < 1.29 is 9.13 Å². The van der Waals surface area contributed by atoms with Gasteiger partial charge in [-0.25, -0.2) is 4.39 Å². The van der Waals surface area contributed by atoms with Gasteiger partial charge >= 0.3 is 0 Å². The van der Waals surface area contributed by atoms with Gasteiger partial charge < -0.3 is 10.1 Å². The van der Waals surface area contributed by atoms with Crippen molar-refractivity contribution in [1.82, 2.24) is 5.32 Å². The molecule has 1 aliphatic heterocycles. The fourth-order valence-corrected chi connectivity index (χ4v) is 1.57. The number of rotatable bonds is 2. The summed E-state index contributed by atoms with van der Waals surface area (Å²) in [5, 5.41) is 3.22. The summed E-state index contributed by atoms with van der Waals surface area (Å²) in [7, 11) is 1.46. The Kier molecular flexibility index (Phi) is 2.50. The van der Waals surface area contributed by atoms with E-state index in [9.17, 15) is 4.39 Å². The van der Waals surface area contributed by atoms with Gasteiger partial charge in [0, 0.05) is 6.54 Å². The Morgan fingerprint density at radius 2 is 2.36 bits per heavy atom. The van der Waals surface area contributed by atoms with Crippen LogP contribution in [0.25, 0.3) is 0 Å². The minimum absolute atomic E-state index is 0.135. The first kappa shape index (κ1) is 9.21. The highest BCUT2D eigenvalue weighted by atomic mass is 19.1. The standard InChI is InChI=1S/C11H12FNO/c1-14-11-5-4-8(7-9(11)12)10-3-2-6-13-10/h2-5,7,10,13H,6H2,1H3. The van der Waals surface area contributed by atoms with Crippen molar-refractivity contribution >= 4 is 0 Å². The van der Waals surface area contributed by atoms with E-state index in [4.69, 9.17) is 4.74 Å². The summed E-state index contributed by atoms with van der Waals surface area (Å²) in [5.41, 5.74) is 0.928.